The molecule has 1 aromatic carbocycles. The summed E-state index contributed by atoms with van der Waals surface area (Å²) in [6.07, 6.45) is 0.246. The van der Waals surface area contributed by atoms with Crippen molar-refractivity contribution >= 4 is 17.0 Å². The smallest absolute Gasteiger partial charge is 0.408 e. The summed E-state index contributed by atoms with van der Waals surface area (Å²) in [5.41, 5.74) is 1.25. The summed E-state index contributed by atoms with van der Waals surface area (Å²) in [6, 6.07) is 7.22. The van der Waals surface area contributed by atoms with E-state index in [-0.39, 0.29) is 18.4 Å². The Morgan fingerprint density at radius 2 is 2.15 bits per heavy atom. The van der Waals surface area contributed by atoms with Crippen molar-refractivity contribution in [2.45, 2.75) is 32.9 Å². The molecule has 2 heterocycles. The van der Waals surface area contributed by atoms with E-state index in [1.165, 1.54) is 4.57 Å². The number of aryl methyl sites for hydroxylation is 1. The second-order valence-corrected chi connectivity index (χ2v) is 7.19. The molecule has 0 aliphatic carbocycles. The number of rotatable bonds is 7. The van der Waals surface area contributed by atoms with Gasteiger partial charge in [0, 0.05) is 39.1 Å². The summed E-state index contributed by atoms with van der Waals surface area (Å²) in [5, 5.41) is 2.92. The number of carbonyl (C=O) groups is 1. The van der Waals surface area contributed by atoms with Gasteiger partial charge in [0.2, 0.25) is 5.91 Å². The average molecular weight is 361 g/mol. The van der Waals surface area contributed by atoms with Crippen molar-refractivity contribution in [1.29, 1.82) is 0 Å². The van der Waals surface area contributed by atoms with Crippen LogP contribution in [0.5, 0.6) is 0 Å². The van der Waals surface area contributed by atoms with Gasteiger partial charge in [0.15, 0.2) is 5.58 Å². The summed E-state index contributed by atoms with van der Waals surface area (Å²) >= 11 is 0. The summed E-state index contributed by atoms with van der Waals surface area (Å²) in [4.78, 5) is 26.5. The molecule has 1 aliphatic rings. The number of hydrogen-bond donors (Lipinski definition) is 1. The van der Waals surface area contributed by atoms with E-state index in [0.717, 1.165) is 19.6 Å². The zero-order valence-corrected chi connectivity index (χ0v) is 15.4. The highest BCUT2D eigenvalue weighted by Crippen LogP contribution is 2.12. The lowest BCUT2D eigenvalue weighted by Crippen LogP contribution is -2.48. The Balaban J connectivity index is 1.47. The van der Waals surface area contributed by atoms with E-state index >= 15 is 0 Å². The lowest BCUT2D eigenvalue weighted by atomic mass is 10.2. The highest BCUT2D eigenvalue weighted by atomic mass is 16.5. The fourth-order valence-electron chi connectivity index (χ4n) is 3.34. The number of aromatic nitrogens is 1. The van der Waals surface area contributed by atoms with Crippen LogP contribution in [0.25, 0.3) is 11.1 Å². The first-order chi connectivity index (χ1) is 12.5. The molecule has 1 atom stereocenters. The molecule has 0 saturated carbocycles. The molecule has 1 aromatic heterocycles. The lowest BCUT2D eigenvalue weighted by molar-refractivity contribution is -0.122. The van der Waals surface area contributed by atoms with E-state index < -0.39 is 5.76 Å². The quantitative estimate of drug-likeness (QED) is 0.808. The second kappa shape index (κ2) is 8.51. The fourth-order valence-corrected chi connectivity index (χ4v) is 3.34. The lowest BCUT2D eigenvalue weighted by Gasteiger charge is -2.33. The molecule has 1 fully saturated rings. The number of amides is 1. The second-order valence-electron chi connectivity index (χ2n) is 7.19. The minimum atomic E-state index is -0.432. The van der Waals surface area contributed by atoms with Gasteiger partial charge in [-0.15, -0.1) is 0 Å². The van der Waals surface area contributed by atoms with E-state index in [1.807, 2.05) is 18.2 Å². The zero-order chi connectivity index (χ0) is 18.5. The van der Waals surface area contributed by atoms with E-state index in [1.54, 1.807) is 6.07 Å². The van der Waals surface area contributed by atoms with Crippen LogP contribution in [-0.2, 0) is 16.1 Å². The van der Waals surface area contributed by atoms with Crippen molar-refractivity contribution in [3.05, 3.63) is 34.8 Å². The minimum absolute atomic E-state index is 0.0175. The zero-order valence-electron chi connectivity index (χ0n) is 15.4. The molecule has 2 aromatic rings. The summed E-state index contributed by atoms with van der Waals surface area (Å²) in [5.74, 6) is 0.0946. The Morgan fingerprint density at radius 1 is 1.35 bits per heavy atom. The molecule has 1 aliphatic heterocycles. The average Bonchev–Trinajstić information content (AvgIpc) is 2.93. The monoisotopic (exact) mass is 361 g/mol. The number of morpholine rings is 1. The standard InChI is InChI=1S/C19H27N3O4/c1-14(2)12-21-9-10-25-15(13-21)11-20-18(23)7-8-22-16-5-3-4-6-17(16)26-19(22)24/h3-6,14-15H,7-13H2,1-2H3,(H,20,23). The molecular weight excluding hydrogens is 334 g/mol. The number of fused-ring (bicyclic) bond motifs is 1. The maximum Gasteiger partial charge on any atom is 0.419 e. The minimum Gasteiger partial charge on any atom is -0.408 e. The van der Waals surface area contributed by atoms with Crippen LogP contribution in [0.2, 0.25) is 0 Å². The summed E-state index contributed by atoms with van der Waals surface area (Å²) in [6.45, 7) is 8.72. The number of para-hydroxylation sites is 2. The first-order valence-electron chi connectivity index (χ1n) is 9.22. The molecule has 0 radical (unpaired) electrons. The van der Waals surface area contributed by atoms with Crippen LogP contribution < -0.4 is 11.1 Å². The number of benzene rings is 1. The Labute approximate surface area is 152 Å². The van der Waals surface area contributed by atoms with Crippen molar-refractivity contribution in [2.24, 2.45) is 5.92 Å². The molecule has 3 rings (SSSR count). The number of nitrogens with one attached hydrogen (secondary N) is 1. The van der Waals surface area contributed by atoms with Gasteiger partial charge in [0.05, 0.1) is 18.2 Å². The number of oxazole rings is 1. The molecular formula is C19H27N3O4. The van der Waals surface area contributed by atoms with Crippen LogP contribution in [0.1, 0.15) is 20.3 Å². The number of hydrogen-bond acceptors (Lipinski definition) is 5. The molecule has 1 N–H and O–H groups in total. The van der Waals surface area contributed by atoms with Crippen LogP contribution in [0.3, 0.4) is 0 Å². The maximum atomic E-state index is 12.2. The third-order valence-corrected chi connectivity index (χ3v) is 4.51. The molecule has 7 nitrogen and oxygen atoms in total. The van der Waals surface area contributed by atoms with Gasteiger partial charge in [-0.1, -0.05) is 26.0 Å². The van der Waals surface area contributed by atoms with Gasteiger partial charge in [0.25, 0.3) is 0 Å². The van der Waals surface area contributed by atoms with Gasteiger partial charge >= 0.3 is 5.76 Å². The summed E-state index contributed by atoms with van der Waals surface area (Å²) < 4.78 is 12.4. The highest BCUT2D eigenvalue weighted by molar-refractivity contribution is 5.76. The van der Waals surface area contributed by atoms with Crippen LogP contribution in [0.4, 0.5) is 0 Å². The van der Waals surface area contributed by atoms with Crippen molar-refractivity contribution in [2.75, 3.05) is 32.8 Å². The normalized spacial score (nSPS) is 18.5. The van der Waals surface area contributed by atoms with Crippen LogP contribution >= 0.6 is 0 Å². The van der Waals surface area contributed by atoms with Gasteiger partial charge < -0.3 is 14.5 Å². The third kappa shape index (κ3) is 4.74. The largest absolute Gasteiger partial charge is 0.419 e. The SMILES string of the molecule is CC(C)CN1CCOC(CNC(=O)CCn2c(=O)oc3ccccc32)C1. The number of ether oxygens (including phenoxy) is 1. The third-order valence-electron chi connectivity index (χ3n) is 4.51. The van der Waals surface area contributed by atoms with E-state index in [4.69, 9.17) is 9.15 Å². The predicted octanol–water partition coefficient (Wildman–Crippen LogP) is 1.46. The van der Waals surface area contributed by atoms with E-state index in [0.29, 0.717) is 36.7 Å². The molecule has 1 saturated heterocycles. The molecule has 26 heavy (non-hydrogen) atoms. The molecule has 142 valence electrons. The fraction of sp³-hybridized carbons (Fsp3) is 0.579. The molecule has 1 amide bonds. The predicted molar refractivity (Wildman–Crippen MR) is 99.1 cm³/mol. The maximum absolute atomic E-state index is 12.2. The Morgan fingerprint density at radius 3 is 2.96 bits per heavy atom. The Hall–Kier alpha value is -2.12. The van der Waals surface area contributed by atoms with Crippen molar-refractivity contribution in [1.82, 2.24) is 14.8 Å². The topological polar surface area (TPSA) is 76.7 Å². The number of carbonyl (C=O) groups excluding carboxylic acids is 1. The summed E-state index contributed by atoms with van der Waals surface area (Å²) in [7, 11) is 0. The van der Waals surface area contributed by atoms with Crippen molar-refractivity contribution in [3.63, 3.8) is 0 Å². The molecule has 7 heteroatoms. The molecule has 0 bridgehead atoms. The van der Waals surface area contributed by atoms with Gasteiger partial charge in [-0.05, 0) is 18.1 Å². The van der Waals surface area contributed by atoms with Crippen LogP contribution in [0.15, 0.2) is 33.5 Å². The van der Waals surface area contributed by atoms with Crippen molar-refractivity contribution in [3.8, 4) is 0 Å². The van der Waals surface area contributed by atoms with Crippen molar-refractivity contribution < 1.29 is 13.9 Å². The highest BCUT2D eigenvalue weighted by Gasteiger charge is 2.21. The first kappa shape index (κ1) is 18.7. The van der Waals surface area contributed by atoms with Crippen LogP contribution in [0, 0.1) is 5.92 Å². The Kier molecular flexibility index (Phi) is 6.11. The van der Waals surface area contributed by atoms with E-state index in [9.17, 15) is 9.59 Å². The van der Waals surface area contributed by atoms with Gasteiger partial charge in [-0.2, -0.15) is 0 Å². The molecule has 0 spiro atoms. The van der Waals surface area contributed by atoms with Gasteiger partial charge in [-0.25, -0.2) is 4.79 Å². The van der Waals surface area contributed by atoms with E-state index in [2.05, 4.69) is 24.1 Å². The first-order valence-corrected chi connectivity index (χ1v) is 9.22. The van der Waals surface area contributed by atoms with Gasteiger partial charge in [-0.3, -0.25) is 14.3 Å². The van der Waals surface area contributed by atoms with Crippen LogP contribution in [-0.4, -0.2) is 54.3 Å². The van der Waals surface area contributed by atoms with Gasteiger partial charge in [0.1, 0.15) is 0 Å². The molecule has 1 unspecified atom stereocenters. The Bertz CT molecular complexity index is 795. The number of nitrogens with zero attached hydrogens (tertiary/aromatic N) is 2.